The van der Waals surface area contributed by atoms with Gasteiger partial charge in [0.25, 0.3) is 5.91 Å². The smallest absolute Gasteiger partial charge is 0.338 e. The Labute approximate surface area is 163 Å². The zero-order valence-corrected chi connectivity index (χ0v) is 16.2. The fourth-order valence-electron chi connectivity index (χ4n) is 2.50. The van der Waals surface area contributed by atoms with Crippen LogP contribution in [0.3, 0.4) is 0 Å². The number of halogens is 2. The number of hydrogen-bond donors (Lipinski definition) is 1. The number of ether oxygens (including phenoxy) is 1. The third-order valence-corrected chi connectivity index (χ3v) is 4.39. The number of anilines is 2. The van der Waals surface area contributed by atoms with E-state index in [4.69, 9.17) is 16.3 Å². The first-order valence-electron chi connectivity index (χ1n) is 8.67. The molecule has 2 aromatic rings. The summed E-state index contributed by atoms with van der Waals surface area (Å²) in [6.07, 6.45) is -1.04. The molecule has 0 unspecified atom stereocenters. The average molecular weight is 393 g/mol. The lowest BCUT2D eigenvalue weighted by atomic mass is 10.2. The van der Waals surface area contributed by atoms with Crippen LogP contribution in [-0.4, -0.2) is 31.1 Å². The van der Waals surface area contributed by atoms with Gasteiger partial charge in [0.05, 0.1) is 16.3 Å². The summed E-state index contributed by atoms with van der Waals surface area (Å²) in [5.74, 6) is -1.67. The molecule has 1 N–H and O–H groups in total. The molecule has 7 heteroatoms. The molecule has 1 atom stereocenters. The van der Waals surface area contributed by atoms with Crippen LogP contribution in [0.1, 0.15) is 31.1 Å². The van der Waals surface area contributed by atoms with Crippen LogP contribution in [0.15, 0.2) is 42.5 Å². The molecule has 0 bridgehead atoms. The molecule has 0 aliphatic heterocycles. The number of esters is 1. The molecule has 2 aromatic carbocycles. The molecular weight excluding hydrogens is 371 g/mol. The summed E-state index contributed by atoms with van der Waals surface area (Å²) in [6, 6.07) is 10.6. The summed E-state index contributed by atoms with van der Waals surface area (Å²) < 4.78 is 18.3. The van der Waals surface area contributed by atoms with Crippen LogP contribution in [0.5, 0.6) is 0 Å². The lowest BCUT2D eigenvalue weighted by molar-refractivity contribution is -0.123. The largest absolute Gasteiger partial charge is 0.449 e. The Bertz CT molecular complexity index is 807. The zero-order valence-electron chi connectivity index (χ0n) is 15.5. The Hall–Kier alpha value is -2.60. The lowest BCUT2D eigenvalue weighted by Gasteiger charge is -2.21. The number of carbonyl (C=O) groups is 2. The standard InChI is InChI=1S/C20H22ClFN2O3/c1-4-24(5-2)16-9-6-14(7-10-16)20(26)27-13(3)19(25)23-18-11-8-15(22)12-17(18)21/h6-13H,4-5H2,1-3H3,(H,23,25)/t13-/m0/s1. The highest BCUT2D eigenvalue weighted by Gasteiger charge is 2.20. The second kappa shape index (κ2) is 9.37. The van der Waals surface area contributed by atoms with Crippen LogP contribution in [0.25, 0.3) is 0 Å². The summed E-state index contributed by atoms with van der Waals surface area (Å²) >= 11 is 5.88. The highest BCUT2D eigenvalue weighted by molar-refractivity contribution is 6.33. The minimum absolute atomic E-state index is 0.0638. The average Bonchev–Trinajstić information content (AvgIpc) is 2.65. The molecule has 0 heterocycles. The molecule has 0 saturated carbocycles. The van der Waals surface area contributed by atoms with Crippen molar-refractivity contribution in [3.05, 3.63) is 58.9 Å². The summed E-state index contributed by atoms with van der Waals surface area (Å²) in [4.78, 5) is 26.6. The first kappa shape index (κ1) is 20.7. The lowest BCUT2D eigenvalue weighted by Crippen LogP contribution is -2.30. The van der Waals surface area contributed by atoms with E-state index < -0.39 is 23.8 Å². The third-order valence-electron chi connectivity index (χ3n) is 4.07. The van der Waals surface area contributed by atoms with Crippen LogP contribution in [-0.2, 0) is 9.53 Å². The normalized spacial score (nSPS) is 11.6. The van der Waals surface area contributed by atoms with Crippen molar-refractivity contribution in [1.82, 2.24) is 0 Å². The summed E-state index contributed by atoms with van der Waals surface area (Å²) in [6.45, 7) is 7.29. The van der Waals surface area contributed by atoms with Crippen molar-refractivity contribution in [2.45, 2.75) is 26.9 Å². The maximum Gasteiger partial charge on any atom is 0.338 e. The fraction of sp³-hybridized carbons (Fsp3) is 0.300. The third kappa shape index (κ3) is 5.44. The van der Waals surface area contributed by atoms with Gasteiger partial charge in [-0.2, -0.15) is 0 Å². The van der Waals surface area contributed by atoms with Gasteiger partial charge in [0.15, 0.2) is 6.10 Å². The Morgan fingerprint density at radius 2 is 1.78 bits per heavy atom. The molecule has 0 aliphatic carbocycles. The van der Waals surface area contributed by atoms with Crippen molar-refractivity contribution in [2.75, 3.05) is 23.3 Å². The van der Waals surface area contributed by atoms with Gasteiger partial charge in [-0.15, -0.1) is 0 Å². The predicted molar refractivity (Wildman–Crippen MR) is 105 cm³/mol. The highest BCUT2D eigenvalue weighted by Crippen LogP contribution is 2.23. The van der Waals surface area contributed by atoms with Gasteiger partial charge in [-0.1, -0.05) is 11.6 Å². The SMILES string of the molecule is CCN(CC)c1ccc(C(=O)O[C@@H](C)C(=O)Nc2ccc(F)cc2Cl)cc1. The van der Waals surface area contributed by atoms with Gasteiger partial charge in [0.1, 0.15) is 5.82 Å². The first-order chi connectivity index (χ1) is 12.8. The zero-order chi connectivity index (χ0) is 20.0. The Balaban J connectivity index is 1.98. The van der Waals surface area contributed by atoms with E-state index in [1.807, 2.05) is 12.1 Å². The van der Waals surface area contributed by atoms with Crippen LogP contribution >= 0.6 is 11.6 Å². The maximum absolute atomic E-state index is 13.1. The second-order valence-corrected chi connectivity index (χ2v) is 6.29. The molecule has 1 amide bonds. The second-order valence-electron chi connectivity index (χ2n) is 5.88. The van der Waals surface area contributed by atoms with Crippen molar-refractivity contribution < 1.29 is 18.7 Å². The molecule has 0 radical (unpaired) electrons. The molecular formula is C20H22ClFN2O3. The van der Waals surface area contributed by atoms with E-state index in [1.165, 1.54) is 19.1 Å². The number of rotatable bonds is 7. The van der Waals surface area contributed by atoms with Gasteiger partial charge in [-0.25, -0.2) is 9.18 Å². The van der Waals surface area contributed by atoms with E-state index in [1.54, 1.807) is 12.1 Å². The number of hydrogen-bond acceptors (Lipinski definition) is 4. The van der Waals surface area contributed by atoms with E-state index in [2.05, 4.69) is 24.1 Å². The number of nitrogens with zero attached hydrogens (tertiary/aromatic N) is 1. The van der Waals surface area contributed by atoms with Crippen LogP contribution in [0.2, 0.25) is 5.02 Å². The van der Waals surface area contributed by atoms with Gasteiger partial charge >= 0.3 is 5.97 Å². The summed E-state index contributed by atoms with van der Waals surface area (Å²) in [5, 5.41) is 2.58. The number of amides is 1. The Morgan fingerprint density at radius 1 is 1.15 bits per heavy atom. The molecule has 0 aliphatic rings. The van der Waals surface area contributed by atoms with Gasteiger partial charge in [-0.3, -0.25) is 4.79 Å². The van der Waals surface area contributed by atoms with Crippen molar-refractivity contribution >= 4 is 34.9 Å². The molecule has 5 nitrogen and oxygen atoms in total. The van der Waals surface area contributed by atoms with E-state index in [0.717, 1.165) is 24.8 Å². The van der Waals surface area contributed by atoms with Gasteiger partial charge in [0, 0.05) is 18.8 Å². The first-order valence-corrected chi connectivity index (χ1v) is 9.05. The van der Waals surface area contributed by atoms with Gasteiger partial charge in [0.2, 0.25) is 0 Å². The molecule has 27 heavy (non-hydrogen) atoms. The minimum Gasteiger partial charge on any atom is -0.449 e. The Morgan fingerprint density at radius 3 is 2.33 bits per heavy atom. The van der Waals surface area contributed by atoms with Crippen molar-refractivity contribution in [2.24, 2.45) is 0 Å². The molecule has 144 valence electrons. The fourth-order valence-corrected chi connectivity index (χ4v) is 2.72. The summed E-state index contributed by atoms with van der Waals surface area (Å²) in [7, 11) is 0. The number of carbonyl (C=O) groups excluding carboxylic acids is 2. The van der Waals surface area contributed by atoms with Crippen LogP contribution in [0, 0.1) is 5.82 Å². The molecule has 0 fully saturated rings. The minimum atomic E-state index is -1.04. The molecule has 0 spiro atoms. The predicted octanol–water partition coefficient (Wildman–Crippen LogP) is 4.51. The topological polar surface area (TPSA) is 58.6 Å². The van der Waals surface area contributed by atoms with Gasteiger partial charge < -0.3 is 15.0 Å². The van der Waals surface area contributed by atoms with Crippen molar-refractivity contribution in [1.29, 1.82) is 0 Å². The van der Waals surface area contributed by atoms with Crippen molar-refractivity contribution in [3.8, 4) is 0 Å². The monoisotopic (exact) mass is 392 g/mol. The van der Waals surface area contributed by atoms with Crippen LogP contribution in [0.4, 0.5) is 15.8 Å². The van der Waals surface area contributed by atoms with E-state index >= 15 is 0 Å². The number of nitrogens with one attached hydrogen (secondary N) is 1. The van der Waals surface area contributed by atoms with E-state index in [0.29, 0.717) is 5.56 Å². The molecule has 0 aromatic heterocycles. The summed E-state index contributed by atoms with van der Waals surface area (Å²) in [5.41, 5.74) is 1.60. The highest BCUT2D eigenvalue weighted by atomic mass is 35.5. The Kier molecular flexibility index (Phi) is 7.19. The van der Waals surface area contributed by atoms with Crippen LogP contribution < -0.4 is 10.2 Å². The molecule has 0 saturated heterocycles. The molecule has 2 rings (SSSR count). The van der Waals surface area contributed by atoms with E-state index in [-0.39, 0.29) is 10.7 Å². The van der Waals surface area contributed by atoms with Crippen molar-refractivity contribution in [3.63, 3.8) is 0 Å². The maximum atomic E-state index is 13.1. The number of benzene rings is 2. The quantitative estimate of drug-likeness (QED) is 0.704. The van der Waals surface area contributed by atoms with Gasteiger partial charge in [-0.05, 0) is 63.2 Å². The van der Waals surface area contributed by atoms with E-state index in [9.17, 15) is 14.0 Å².